The number of allylic oxidation sites excluding steroid dienone is 1. The lowest BCUT2D eigenvalue weighted by Gasteiger charge is -2.28. The van der Waals surface area contributed by atoms with Crippen LogP contribution in [0.25, 0.3) is 16.7 Å². The smallest absolute Gasteiger partial charge is 0.204 e. The molecule has 1 aromatic carbocycles. The van der Waals surface area contributed by atoms with Crippen LogP contribution in [-0.4, -0.2) is 25.4 Å². The van der Waals surface area contributed by atoms with E-state index in [1.165, 1.54) is 37.7 Å². The van der Waals surface area contributed by atoms with Crippen LogP contribution in [0.3, 0.4) is 0 Å². The van der Waals surface area contributed by atoms with Gasteiger partial charge in [-0.1, -0.05) is 36.4 Å². The molecule has 168 valence electrons. The molecule has 0 spiro atoms. The molecule has 1 aliphatic carbocycles. The Balaban J connectivity index is 1.34. The fourth-order valence-electron chi connectivity index (χ4n) is 5.13. The number of fused-ring (bicyclic) bond motifs is 1. The van der Waals surface area contributed by atoms with Crippen molar-refractivity contribution >= 4 is 22.6 Å². The number of H-pyrrole nitrogens is 1. The van der Waals surface area contributed by atoms with E-state index >= 15 is 0 Å². The first kappa shape index (κ1) is 21.3. The average Bonchev–Trinajstić information content (AvgIpc) is 3.31. The van der Waals surface area contributed by atoms with E-state index in [2.05, 4.69) is 67.9 Å². The Hall–Kier alpha value is -3.54. The van der Waals surface area contributed by atoms with Gasteiger partial charge in [-0.2, -0.15) is 10.3 Å². The molecule has 6 heteroatoms. The van der Waals surface area contributed by atoms with Crippen LogP contribution >= 0.6 is 0 Å². The second kappa shape index (κ2) is 9.53. The molecule has 0 bridgehead atoms. The lowest BCUT2D eigenvalue weighted by molar-refractivity contribution is 0.312. The third kappa shape index (κ3) is 4.80. The number of nitrogens with zero attached hydrogens (tertiary/aromatic N) is 4. The summed E-state index contributed by atoms with van der Waals surface area (Å²) < 4.78 is 0. The summed E-state index contributed by atoms with van der Waals surface area (Å²) in [6, 6.07) is 17.0. The minimum absolute atomic E-state index is 0.447. The number of nitrogens with two attached hydrogens (primary N) is 1. The molecule has 0 aliphatic heterocycles. The molecule has 0 unspecified atom stereocenters. The number of nitrogens with one attached hydrogen (secondary N) is 1. The minimum Gasteiger partial charge on any atom is -0.384 e. The molecule has 0 radical (unpaired) electrons. The predicted octanol–water partition coefficient (Wildman–Crippen LogP) is 5.82. The summed E-state index contributed by atoms with van der Waals surface area (Å²) in [5, 5.41) is 11.2. The molecule has 1 saturated carbocycles. The number of aryl methyl sites for hydroxylation is 1. The van der Waals surface area contributed by atoms with E-state index in [4.69, 9.17) is 5.73 Å². The number of hydrogen-bond donors (Lipinski definition) is 2. The normalized spacial score (nSPS) is 19.1. The number of hydrogen-bond acceptors (Lipinski definition) is 5. The Morgan fingerprint density at radius 1 is 1.06 bits per heavy atom. The lowest BCUT2D eigenvalue weighted by Crippen LogP contribution is -2.13. The average molecular weight is 439 g/mol. The van der Waals surface area contributed by atoms with Gasteiger partial charge in [-0.3, -0.25) is 4.98 Å². The van der Waals surface area contributed by atoms with Crippen molar-refractivity contribution in [2.75, 3.05) is 5.73 Å². The van der Waals surface area contributed by atoms with E-state index in [0.717, 1.165) is 40.2 Å². The molecule has 6 nitrogen and oxygen atoms in total. The summed E-state index contributed by atoms with van der Waals surface area (Å²) >= 11 is 0. The van der Waals surface area contributed by atoms with Crippen LogP contribution in [0.2, 0.25) is 0 Å². The Morgan fingerprint density at radius 2 is 1.88 bits per heavy atom. The van der Waals surface area contributed by atoms with E-state index in [1.807, 2.05) is 25.3 Å². The van der Waals surface area contributed by atoms with E-state index < -0.39 is 0 Å². The van der Waals surface area contributed by atoms with Gasteiger partial charge in [0.2, 0.25) is 5.65 Å². The zero-order chi connectivity index (χ0) is 22.6. The van der Waals surface area contributed by atoms with Crippen molar-refractivity contribution in [3.8, 4) is 0 Å². The summed E-state index contributed by atoms with van der Waals surface area (Å²) in [5.41, 5.74) is 13.1. The van der Waals surface area contributed by atoms with Crippen LogP contribution in [0.5, 0.6) is 0 Å². The molecule has 3 N–H and O–H groups in total. The molecule has 0 amide bonds. The predicted molar refractivity (Wildman–Crippen MR) is 133 cm³/mol. The third-order valence-electron chi connectivity index (χ3n) is 6.85. The van der Waals surface area contributed by atoms with E-state index in [0.29, 0.717) is 17.4 Å². The number of pyridine rings is 2. The van der Waals surface area contributed by atoms with Crippen LogP contribution in [0.4, 0.5) is 5.82 Å². The highest BCUT2D eigenvalue weighted by Crippen LogP contribution is 2.38. The largest absolute Gasteiger partial charge is 0.384 e. The summed E-state index contributed by atoms with van der Waals surface area (Å²) in [6.45, 7) is 2.01. The molecular weight excluding hydrogens is 408 g/mol. The quantitative estimate of drug-likeness (QED) is 0.395. The van der Waals surface area contributed by atoms with Crippen molar-refractivity contribution in [3.63, 3.8) is 0 Å². The monoisotopic (exact) mass is 438 g/mol. The lowest BCUT2D eigenvalue weighted by atomic mass is 9.77. The van der Waals surface area contributed by atoms with Gasteiger partial charge in [0, 0.05) is 17.5 Å². The zero-order valence-corrected chi connectivity index (χ0v) is 19.0. The van der Waals surface area contributed by atoms with Crippen LogP contribution in [0.1, 0.15) is 66.8 Å². The Bertz CT molecular complexity index is 1250. The first-order valence-electron chi connectivity index (χ1n) is 11.8. The fraction of sp³-hybridized carbons (Fsp3) is 0.333. The van der Waals surface area contributed by atoms with Gasteiger partial charge in [-0.05, 0) is 92.2 Å². The molecule has 0 saturated heterocycles. The molecule has 0 atom stereocenters. The van der Waals surface area contributed by atoms with E-state index in [1.54, 1.807) is 0 Å². The fourth-order valence-corrected chi connectivity index (χ4v) is 5.13. The highest BCUT2D eigenvalue weighted by molar-refractivity contribution is 5.93. The van der Waals surface area contributed by atoms with Gasteiger partial charge in [0.15, 0.2) is 0 Å². The van der Waals surface area contributed by atoms with Crippen molar-refractivity contribution < 1.29 is 0 Å². The molecule has 33 heavy (non-hydrogen) atoms. The van der Waals surface area contributed by atoms with Crippen molar-refractivity contribution in [2.45, 2.75) is 51.4 Å². The summed E-state index contributed by atoms with van der Waals surface area (Å²) in [4.78, 5) is 8.68. The first-order valence-corrected chi connectivity index (χ1v) is 11.8. The molecule has 3 heterocycles. The van der Waals surface area contributed by atoms with Gasteiger partial charge in [-0.25, -0.2) is 4.98 Å². The number of anilines is 1. The van der Waals surface area contributed by atoms with Gasteiger partial charge >= 0.3 is 0 Å². The maximum absolute atomic E-state index is 6.10. The Labute approximate surface area is 194 Å². The van der Waals surface area contributed by atoms with Crippen molar-refractivity contribution in [1.82, 2.24) is 25.4 Å². The second-order valence-corrected chi connectivity index (χ2v) is 9.10. The van der Waals surface area contributed by atoms with Crippen molar-refractivity contribution in [2.24, 2.45) is 5.92 Å². The van der Waals surface area contributed by atoms with Gasteiger partial charge in [-0.15, -0.1) is 5.10 Å². The Morgan fingerprint density at radius 3 is 2.67 bits per heavy atom. The topological polar surface area (TPSA) is 93.4 Å². The summed E-state index contributed by atoms with van der Waals surface area (Å²) in [5.74, 6) is 1.94. The first-order chi connectivity index (χ1) is 16.2. The van der Waals surface area contributed by atoms with E-state index in [-0.39, 0.29) is 0 Å². The third-order valence-corrected chi connectivity index (χ3v) is 6.85. The highest BCUT2D eigenvalue weighted by Gasteiger charge is 2.22. The maximum atomic E-state index is 6.10. The molecular formula is C27H30N6. The van der Waals surface area contributed by atoms with Gasteiger partial charge in [0.05, 0.1) is 0 Å². The highest BCUT2D eigenvalue weighted by atomic mass is 15.3. The summed E-state index contributed by atoms with van der Waals surface area (Å²) in [6.07, 6.45) is 11.6. The number of nitrogen functional groups attached to an aromatic ring is 1. The van der Waals surface area contributed by atoms with Crippen LogP contribution in [0, 0.1) is 12.8 Å². The van der Waals surface area contributed by atoms with E-state index in [9.17, 15) is 0 Å². The molecule has 4 aromatic rings. The SMILES string of the molecule is Cc1cc(/C(=C\CCC2CCC(c3ccccc3)CC2)c2cc(N)nc3n[nH]nc23)ccn1. The second-order valence-electron chi connectivity index (χ2n) is 9.10. The van der Waals surface area contributed by atoms with Gasteiger partial charge in [0.25, 0.3) is 0 Å². The van der Waals surface area contributed by atoms with Crippen LogP contribution < -0.4 is 5.73 Å². The Kier molecular flexibility index (Phi) is 6.15. The van der Waals surface area contributed by atoms with Gasteiger partial charge in [0.1, 0.15) is 11.3 Å². The molecule has 1 aliphatic rings. The van der Waals surface area contributed by atoms with Crippen molar-refractivity contribution in [3.05, 3.63) is 83.2 Å². The standard InChI is InChI=1S/C27H30N6/c1-18-16-22(14-15-29-18)23(24-17-25(28)30-27-26(24)31-33-32-27)9-5-6-19-10-12-21(13-11-19)20-7-3-2-4-8-20/h2-4,7-9,14-17,19,21H,5-6,10-13H2,1H3,(H3,28,30,31,32,33)/b23-9+. The molecule has 1 fully saturated rings. The molecule has 3 aromatic heterocycles. The number of aromatic nitrogens is 5. The van der Waals surface area contributed by atoms with Crippen LogP contribution in [-0.2, 0) is 0 Å². The summed E-state index contributed by atoms with van der Waals surface area (Å²) in [7, 11) is 0. The van der Waals surface area contributed by atoms with Crippen molar-refractivity contribution in [1.29, 1.82) is 0 Å². The zero-order valence-electron chi connectivity index (χ0n) is 19.0. The number of benzene rings is 1. The molecule has 5 rings (SSSR count). The van der Waals surface area contributed by atoms with Crippen LogP contribution in [0.15, 0.2) is 60.8 Å². The van der Waals surface area contributed by atoms with Gasteiger partial charge < -0.3 is 5.73 Å². The maximum Gasteiger partial charge on any atom is 0.204 e. The number of aromatic amines is 1. The number of rotatable bonds is 6. The minimum atomic E-state index is 0.447.